The normalized spacial score (nSPS) is 29.2. The maximum Gasteiger partial charge on any atom is 0.411 e. The molecule has 1 rings (SSSR count). The summed E-state index contributed by atoms with van der Waals surface area (Å²) < 4.78 is 5.18. The lowest BCUT2D eigenvalue weighted by Gasteiger charge is -2.32. The molecule has 1 fully saturated rings. The van der Waals surface area contributed by atoms with Crippen molar-refractivity contribution < 1.29 is 19.4 Å². The van der Waals surface area contributed by atoms with Crippen molar-refractivity contribution >= 4 is 12.1 Å². The van der Waals surface area contributed by atoms with Crippen molar-refractivity contribution in [2.45, 2.75) is 51.3 Å². The molecule has 1 saturated heterocycles. The van der Waals surface area contributed by atoms with E-state index in [1.165, 1.54) is 11.8 Å². The number of ether oxygens (including phenoxy) is 1. The zero-order valence-electron chi connectivity index (χ0n) is 10.7. The SMILES string of the molecule is CC(C)(C)OC(=O)N1C[C@@H](N)CC1(C)C(=O)O. The Kier molecular flexibility index (Phi) is 3.38. The van der Waals surface area contributed by atoms with Gasteiger partial charge in [0.1, 0.15) is 11.1 Å². The van der Waals surface area contributed by atoms with Gasteiger partial charge in [0.15, 0.2) is 0 Å². The summed E-state index contributed by atoms with van der Waals surface area (Å²) in [6.45, 7) is 6.90. The van der Waals surface area contributed by atoms with E-state index in [2.05, 4.69) is 0 Å². The molecule has 0 aromatic rings. The van der Waals surface area contributed by atoms with Crippen LogP contribution in [0, 0.1) is 0 Å². The number of carboxylic acid groups (broad SMARTS) is 1. The average molecular weight is 244 g/mol. The van der Waals surface area contributed by atoms with Crippen LogP contribution in [-0.2, 0) is 9.53 Å². The summed E-state index contributed by atoms with van der Waals surface area (Å²) in [6.07, 6.45) is -0.392. The predicted molar refractivity (Wildman–Crippen MR) is 61.6 cm³/mol. The van der Waals surface area contributed by atoms with Crippen LogP contribution in [-0.4, -0.2) is 45.8 Å². The Morgan fingerprint density at radius 2 is 2.00 bits per heavy atom. The first kappa shape index (κ1) is 13.8. The number of aliphatic carboxylic acids is 1. The Morgan fingerprint density at radius 3 is 2.41 bits per heavy atom. The third kappa shape index (κ3) is 2.88. The zero-order valence-corrected chi connectivity index (χ0v) is 10.7. The number of nitrogens with zero attached hydrogens (tertiary/aromatic N) is 1. The minimum absolute atomic E-state index is 0.206. The lowest BCUT2D eigenvalue weighted by Crippen LogP contribution is -2.52. The van der Waals surface area contributed by atoms with Gasteiger partial charge in [0.05, 0.1) is 0 Å². The van der Waals surface area contributed by atoms with Gasteiger partial charge in [0.2, 0.25) is 0 Å². The first-order chi connectivity index (χ1) is 7.56. The standard InChI is InChI=1S/C11H20N2O4/c1-10(2,3)17-9(16)13-6-7(12)5-11(13,4)8(14)15/h7H,5-6,12H2,1-4H3,(H,14,15)/t7-,11?/m0/s1. The minimum Gasteiger partial charge on any atom is -0.480 e. The van der Waals surface area contributed by atoms with E-state index < -0.39 is 23.2 Å². The van der Waals surface area contributed by atoms with E-state index in [4.69, 9.17) is 10.5 Å². The second-order valence-corrected chi connectivity index (χ2v) is 5.63. The van der Waals surface area contributed by atoms with Gasteiger partial charge < -0.3 is 15.6 Å². The van der Waals surface area contributed by atoms with E-state index in [0.29, 0.717) is 0 Å². The number of carbonyl (C=O) groups excluding carboxylic acids is 1. The van der Waals surface area contributed by atoms with Crippen LogP contribution in [0.1, 0.15) is 34.1 Å². The zero-order chi connectivity index (χ0) is 13.4. The van der Waals surface area contributed by atoms with Crippen molar-refractivity contribution in [1.29, 1.82) is 0 Å². The van der Waals surface area contributed by atoms with Crippen molar-refractivity contribution in [1.82, 2.24) is 4.90 Å². The first-order valence-corrected chi connectivity index (χ1v) is 5.56. The molecule has 0 aromatic carbocycles. The second-order valence-electron chi connectivity index (χ2n) is 5.63. The fraction of sp³-hybridized carbons (Fsp3) is 0.818. The second kappa shape index (κ2) is 4.18. The molecule has 1 amide bonds. The molecule has 0 bridgehead atoms. The molecule has 6 nitrogen and oxygen atoms in total. The van der Waals surface area contributed by atoms with Gasteiger partial charge in [0.25, 0.3) is 0 Å². The van der Waals surface area contributed by atoms with Crippen LogP contribution >= 0.6 is 0 Å². The van der Waals surface area contributed by atoms with Gasteiger partial charge >= 0.3 is 12.1 Å². The van der Waals surface area contributed by atoms with Crippen LogP contribution in [0.2, 0.25) is 0 Å². The summed E-state index contributed by atoms with van der Waals surface area (Å²) in [5.41, 5.74) is 3.80. The Balaban J connectivity index is 2.88. The Labute approximate surface area is 101 Å². The predicted octanol–water partition coefficient (Wildman–Crippen LogP) is 0.798. The maximum atomic E-state index is 11.9. The maximum absolute atomic E-state index is 11.9. The van der Waals surface area contributed by atoms with Crippen molar-refractivity contribution in [3.63, 3.8) is 0 Å². The van der Waals surface area contributed by atoms with Gasteiger partial charge in [-0.1, -0.05) is 0 Å². The first-order valence-electron chi connectivity index (χ1n) is 5.56. The molecule has 98 valence electrons. The van der Waals surface area contributed by atoms with E-state index in [-0.39, 0.29) is 19.0 Å². The highest BCUT2D eigenvalue weighted by molar-refractivity contribution is 5.85. The fourth-order valence-electron chi connectivity index (χ4n) is 1.92. The van der Waals surface area contributed by atoms with Crippen LogP contribution in [0.25, 0.3) is 0 Å². The number of nitrogens with two attached hydrogens (primary N) is 1. The lowest BCUT2D eigenvalue weighted by molar-refractivity contribution is -0.148. The van der Waals surface area contributed by atoms with E-state index in [9.17, 15) is 14.7 Å². The van der Waals surface area contributed by atoms with E-state index in [1.54, 1.807) is 20.8 Å². The molecule has 0 radical (unpaired) electrons. The summed E-state index contributed by atoms with van der Waals surface area (Å²) in [4.78, 5) is 24.4. The van der Waals surface area contributed by atoms with Gasteiger partial charge in [0, 0.05) is 12.6 Å². The van der Waals surface area contributed by atoms with Crippen LogP contribution in [0.15, 0.2) is 0 Å². The average Bonchev–Trinajstić information content (AvgIpc) is 2.40. The Hall–Kier alpha value is -1.30. The molecular formula is C11H20N2O4. The summed E-state index contributed by atoms with van der Waals surface area (Å²) >= 11 is 0. The van der Waals surface area contributed by atoms with Gasteiger partial charge in [-0.25, -0.2) is 9.59 Å². The number of hydrogen-bond acceptors (Lipinski definition) is 4. The fourth-order valence-corrected chi connectivity index (χ4v) is 1.92. The molecule has 0 spiro atoms. The molecule has 1 heterocycles. The van der Waals surface area contributed by atoms with Crippen molar-refractivity contribution in [2.75, 3.05) is 6.54 Å². The molecule has 6 heteroatoms. The van der Waals surface area contributed by atoms with Crippen molar-refractivity contribution in [3.8, 4) is 0 Å². The molecule has 3 N–H and O–H groups in total. The molecule has 0 aliphatic carbocycles. The summed E-state index contributed by atoms with van der Waals surface area (Å²) in [6, 6.07) is -0.330. The van der Waals surface area contributed by atoms with Crippen molar-refractivity contribution in [2.24, 2.45) is 5.73 Å². The van der Waals surface area contributed by atoms with Crippen LogP contribution in [0.5, 0.6) is 0 Å². The van der Waals surface area contributed by atoms with E-state index >= 15 is 0 Å². The third-order valence-corrected chi connectivity index (χ3v) is 2.75. The number of rotatable bonds is 1. The molecule has 2 atom stereocenters. The summed E-state index contributed by atoms with van der Waals surface area (Å²) in [5.74, 6) is -1.06. The lowest BCUT2D eigenvalue weighted by atomic mass is 9.98. The van der Waals surface area contributed by atoms with E-state index in [0.717, 1.165) is 0 Å². The highest BCUT2D eigenvalue weighted by Gasteiger charge is 2.50. The van der Waals surface area contributed by atoms with Crippen molar-refractivity contribution in [3.05, 3.63) is 0 Å². The smallest absolute Gasteiger partial charge is 0.411 e. The molecule has 17 heavy (non-hydrogen) atoms. The number of hydrogen-bond donors (Lipinski definition) is 2. The molecule has 0 saturated carbocycles. The molecular weight excluding hydrogens is 224 g/mol. The number of carbonyl (C=O) groups is 2. The number of amides is 1. The van der Waals surface area contributed by atoms with E-state index in [1.807, 2.05) is 0 Å². The molecule has 1 aliphatic rings. The minimum atomic E-state index is -1.28. The Bertz CT molecular complexity index is 337. The van der Waals surface area contributed by atoms with Crippen LogP contribution in [0.4, 0.5) is 4.79 Å². The van der Waals surface area contributed by atoms with Gasteiger partial charge in [-0.3, -0.25) is 4.90 Å². The molecule has 1 unspecified atom stereocenters. The van der Waals surface area contributed by atoms with Gasteiger partial charge in [-0.05, 0) is 34.1 Å². The largest absolute Gasteiger partial charge is 0.480 e. The number of likely N-dealkylation sites (tertiary alicyclic amines) is 1. The summed E-state index contributed by atoms with van der Waals surface area (Å²) in [7, 11) is 0. The van der Waals surface area contributed by atoms with Crippen LogP contribution in [0.3, 0.4) is 0 Å². The molecule has 1 aliphatic heterocycles. The monoisotopic (exact) mass is 244 g/mol. The van der Waals surface area contributed by atoms with Crippen LogP contribution < -0.4 is 5.73 Å². The number of carboxylic acids is 1. The topological polar surface area (TPSA) is 92.9 Å². The van der Waals surface area contributed by atoms with Gasteiger partial charge in [-0.2, -0.15) is 0 Å². The third-order valence-electron chi connectivity index (χ3n) is 2.75. The highest BCUT2D eigenvalue weighted by Crippen LogP contribution is 2.30. The summed E-state index contributed by atoms with van der Waals surface area (Å²) in [5, 5.41) is 9.20. The Morgan fingerprint density at radius 1 is 1.47 bits per heavy atom. The molecule has 0 aromatic heterocycles. The van der Waals surface area contributed by atoms with Gasteiger partial charge in [-0.15, -0.1) is 0 Å². The quantitative estimate of drug-likeness (QED) is 0.711. The highest BCUT2D eigenvalue weighted by atomic mass is 16.6.